The number of phenols is 1. The number of aliphatic hydroxyl groups excluding tert-OH is 1. The zero-order valence-electron chi connectivity index (χ0n) is 10.0. The van der Waals surface area contributed by atoms with Gasteiger partial charge in [-0.05, 0) is 37.3 Å². The Hall–Kier alpha value is -2.20. The van der Waals surface area contributed by atoms with Gasteiger partial charge in [-0.1, -0.05) is 17.7 Å². The Kier molecular flexibility index (Phi) is 3.69. The molecule has 0 aliphatic rings. The van der Waals surface area contributed by atoms with Crippen molar-refractivity contribution in [3.63, 3.8) is 0 Å². The van der Waals surface area contributed by atoms with Crippen LogP contribution in [0.2, 0.25) is 0 Å². The van der Waals surface area contributed by atoms with E-state index in [1.807, 2.05) is 31.2 Å². The second-order valence-corrected chi connectivity index (χ2v) is 4.01. The molecule has 0 unspecified atom stereocenters. The second kappa shape index (κ2) is 5.42. The number of aryl methyl sites for hydroxylation is 1. The summed E-state index contributed by atoms with van der Waals surface area (Å²) in [5, 5.41) is 26.6. The van der Waals surface area contributed by atoms with Gasteiger partial charge in [-0.3, -0.25) is 0 Å². The van der Waals surface area contributed by atoms with Crippen LogP contribution in [-0.4, -0.2) is 10.2 Å². The van der Waals surface area contributed by atoms with E-state index >= 15 is 0 Å². The molecular formula is C14H14N2O2. The summed E-state index contributed by atoms with van der Waals surface area (Å²) in [6.45, 7) is 1.82. The number of aromatic hydroxyl groups is 1. The molecule has 0 amide bonds. The molecule has 0 fully saturated rings. The largest absolute Gasteiger partial charge is 0.508 e. The molecule has 0 aliphatic heterocycles. The third-order valence-corrected chi connectivity index (χ3v) is 2.54. The Morgan fingerprint density at radius 2 is 1.72 bits per heavy atom. The van der Waals surface area contributed by atoms with Crippen LogP contribution in [0, 0.1) is 6.92 Å². The van der Waals surface area contributed by atoms with Crippen molar-refractivity contribution in [2.75, 3.05) is 0 Å². The zero-order chi connectivity index (χ0) is 13.0. The van der Waals surface area contributed by atoms with Crippen LogP contribution < -0.4 is 0 Å². The molecular weight excluding hydrogens is 228 g/mol. The van der Waals surface area contributed by atoms with Crippen molar-refractivity contribution in [3.8, 4) is 5.75 Å². The van der Waals surface area contributed by atoms with E-state index in [9.17, 15) is 5.11 Å². The molecule has 0 atom stereocenters. The van der Waals surface area contributed by atoms with E-state index in [-0.39, 0.29) is 12.4 Å². The lowest BCUT2D eigenvalue weighted by molar-refractivity contribution is 0.281. The molecule has 0 heterocycles. The van der Waals surface area contributed by atoms with Crippen molar-refractivity contribution in [2.45, 2.75) is 13.5 Å². The van der Waals surface area contributed by atoms with Crippen LogP contribution in [0.5, 0.6) is 5.75 Å². The number of aliphatic hydroxyl groups is 1. The predicted molar refractivity (Wildman–Crippen MR) is 69.4 cm³/mol. The lowest BCUT2D eigenvalue weighted by Crippen LogP contribution is -1.82. The molecule has 18 heavy (non-hydrogen) atoms. The maximum atomic E-state index is 9.30. The second-order valence-electron chi connectivity index (χ2n) is 4.01. The number of hydrogen-bond acceptors (Lipinski definition) is 4. The number of hydrogen-bond donors (Lipinski definition) is 2. The van der Waals surface area contributed by atoms with Crippen molar-refractivity contribution in [1.29, 1.82) is 0 Å². The molecule has 0 saturated carbocycles. The maximum Gasteiger partial charge on any atom is 0.116 e. The van der Waals surface area contributed by atoms with Gasteiger partial charge in [0.2, 0.25) is 0 Å². The highest BCUT2D eigenvalue weighted by Crippen LogP contribution is 2.26. The van der Waals surface area contributed by atoms with Crippen LogP contribution in [0.1, 0.15) is 11.1 Å². The lowest BCUT2D eigenvalue weighted by Gasteiger charge is -2.01. The third-order valence-electron chi connectivity index (χ3n) is 2.54. The van der Waals surface area contributed by atoms with Crippen LogP contribution in [0.3, 0.4) is 0 Å². The highest BCUT2D eigenvalue weighted by atomic mass is 16.3. The molecule has 92 valence electrons. The van der Waals surface area contributed by atoms with Crippen LogP contribution in [-0.2, 0) is 6.61 Å². The fourth-order valence-corrected chi connectivity index (χ4v) is 1.52. The first-order valence-electron chi connectivity index (χ1n) is 5.60. The van der Waals surface area contributed by atoms with Crippen LogP contribution in [0.25, 0.3) is 0 Å². The van der Waals surface area contributed by atoms with E-state index in [4.69, 9.17) is 5.11 Å². The molecule has 4 heteroatoms. The molecule has 2 N–H and O–H groups in total. The van der Waals surface area contributed by atoms with Crippen LogP contribution in [0.15, 0.2) is 52.7 Å². The number of rotatable bonds is 3. The summed E-state index contributed by atoms with van der Waals surface area (Å²) in [4.78, 5) is 0. The maximum absolute atomic E-state index is 9.30. The molecule has 2 rings (SSSR count). The van der Waals surface area contributed by atoms with Crippen molar-refractivity contribution in [1.82, 2.24) is 0 Å². The fourth-order valence-electron chi connectivity index (χ4n) is 1.52. The number of benzene rings is 2. The molecule has 0 spiro atoms. The molecule has 0 bridgehead atoms. The van der Waals surface area contributed by atoms with Crippen LogP contribution >= 0.6 is 0 Å². The predicted octanol–water partition coefficient (Wildman–Crippen LogP) is 3.61. The quantitative estimate of drug-likeness (QED) is 0.807. The summed E-state index contributed by atoms with van der Waals surface area (Å²) >= 11 is 0. The van der Waals surface area contributed by atoms with E-state index < -0.39 is 0 Å². The Balaban J connectivity index is 2.25. The highest BCUT2D eigenvalue weighted by Gasteiger charge is 2.01. The minimum atomic E-state index is -0.184. The van der Waals surface area contributed by atoms with E-state index in [0.29, 0.717) is 11.3 Å². The summed E-state index contributed by atoms with van der Waals surface area (Å²) < 4.78 is 0. The minimum Gasteiger partial charge on any atom is -0.508 e. The summed E-state index contributed by atoms with van der Waals surface area (Å²) in [5.41, 5.74) is 3.01. The first kappa shape index (κ1) is 12.3. The Bertz CT molecular complexity index is 563. The SMILES string of the molecule is Cc1ccc(N=Nc2ccc(O)cc2CO)cc1. The molecule has 2 aromatic rings. The summed E-state index contributed by atoms with van der Waals surface area (Å²) in [5.74, 6) is 0.105. The van der Waals surface area contributed by atoms with Gasteiger partial charge < -0.3 is 10.2 Å². The highest BCUT2D eigenvalue weighted by molar-refractivity contribution is 5.49. The number of nitrogens with zero attached hydrogens (tertiary/aromatic N) is 2. The van der Waals surface area contributed by atoms with E-state index in [0.717, 1.165) is 11.3 Å². The fraction of sp³-hybridized carbons (Fsp3) is 0.143. The van der Waals surface area contributed by atoms with Gasteiger partial charge in [0.05, 0.1) is 18.0 Å². The molecule has 0 saturated heterocycles. The summed E-state index contributed by atoms with van der Waals surface area (Å²) in [7, 11) is 0. The van der Waals surface area contributed by atoms with Gasteiger partial charge in [-0.15, -0.1) is 0 Å². The van der Waals surface area contributed by atoms with Gasteiger partial charge in [-0.2, -0.15) is 10.2 Å². The van der Waals surface area contributed by atoms with Crippen molar-refractivity contribution >= 4 is 11.4 Å². The first-order chi connectivity index (χ1) is 8.69. The van der Waals surface area contributed by atoms with Gasteiger partial charge in [-0.25, -0.2) is 0 Å². The average Bonchev–Trinajstić information content (AvgIpc) is 2.39. The van der Waals surface area contributed by atoms with Gasteiger partial charge in [0, 0.05) is 5.56 Å². The third kappa shape index (κ3) is 2.93. The zero-order valence-corrected chi connectivity index (χ0v) is 10.0. The summed E-state index contributed by atoms with van der Waals surface area (Å²) in [6.07, 6.45) is 0. The molecule has 0 radical (unpaired) electrons. The normalized spacial score (nSPS) is 11.0. The number of azo groups is 1. The van der Waals surface area contributed by atoms with E-state index in [1.54, 1.807) is 6.07 Å². The monoisotopic (exact) mass is 242 g/mol. The van der Waals surface area contributed by atoms with Gasteiger partial charge in [0.25, 0.3) is 0 Å². The minimum absolute atomic E-state index is 0.105. The smallest absolute Gasteiger partial charge is 0.116 e. The van der Waals surface area contributed by atoms with Crippen molar-refractivity contribution in [2.24, 2.45) is 10.2 Å². The molecule has 0 aromatic heterocycles. The van der Waals surface area contributed by atoms with Crippen LogP contribution in [0.4, 0.5) is 11.4 Å². The van der Waals surface area contributed by atoms with Gasteiger partial charge in [0.1, 0.15) is 5.75 Å². The van der Waals surface area contributed by atoms with E-state index in [2.05, 4.69) is 10.2 Å². The summed E-state index contributed by atoms with van der Waals surface area (Å²) in [6, 6.07) is 12.3. The first-order valence-corrected chi connectivity index (χ1v) is 5.60. The van der Waals surface area contributed by atoms with Crippen molar-refractivity contribution < 1.29 is 10.2 Å². The number of phenolic OH excluding ortho intramolecular Hbond substituents is 1. The molecule has 4 nitrogen and oxygen atoms in total. The Labute approximate surface area is 105 Å². The van der Waals surface area contributed by atoms with E-state index in [1.165, 1.54) is 12.1 Å². The Morgan fingerprint density at radius 3 is 2.39 bits per heavy atom. The van der Waals surface area contributed by atoms with Gasteiger partial charge in [0.15, 0.2) is 0 Å². The molecule has 0 aliphatic carbocycles. The topological polar surface area (TPSA) is 65.2 Å². The average molecular weight is 242 g/mol. The lowest BCUT2D eigenvalue weighted by atomic mass is 10.2. The van der Waals surface area contributed by atoms with Gasteiger partial charge >= 0.3 is 0 Å². The molecule has 2 aromatic carbocycles. The van der Waals surface area contributed by atoms with Crippen molar-refractivity contribution in [3.05, 3.63) is 53.6 Å². The standard InChI is InChI=1S/C14H14N2O2/c1-10-2-4-12(5-3-10)15-16-14-7-6-13(18)8-11(14)9-17/h2-8,17-18H,9H2,1H3. The Morgan fingerprint density at radius 1 is 1.00 bits per heavy atom.